The Labute approximate surface area is 217 Å². The number of furan rings is 1. The highest BCUT2D eigenvalue weighted by molar-refractivity contribution is 5.78. The molecule has 0 aliphatic carbocycles. The van der Waals surface area contributed by atoms with Gasteiger partial charge in [-0.05, 0) is 48.9 Å². The van der Waals surface area contributed by atoms with Crippen LogP contribution in [0.5, 0.6) is 0 Å². The summed E-state index contributed by atoms with van der Waals surface area (Å²) in [6, 6.07) is 27.2. The van der Waals surface area contributed by atoms with Crippen LogP contribution in [0.15, 0.2) is 101 Å². The number of para-hydroxylation sites is 2. The molecule has 0 radical (unpaired) electrons. The SMILES string of the molecule is Cc1ccc([N+](=O)[O-])cc1-c1ccc(/C=N/Nc2nc(Nc3ccccc3)nc(Nc3ccccc3)n2)o1. The van der Waals surface area contributed by atoms with Crippen LogP contribution in [0, 0.1) is 17.0 Å². The van der Waals surface area contributed by atoms with Gasteiger partial charge >= 0.3 is 0 Å². The van der Waals surface area contributed by atoms with Crippen molar-refractivity contribution in [2.75, 3.05) is 16.1 Å². The van der Waals surface area contributed by atoms with Crippen molar-refractivity contribution in [3.05, 3.63) is 112 Å². The van der Waals surface area contributed by atoms with Crippen LogP contribution in [-0.4, -0.2) is 26.1 Å². The number of anilines is 5. The summed E-state index contributed by atoms with van der Waals surface area (Å²) >= 11 is 0. The Morgan fingerprint density at radius 3 is 2.03 bits per heavy atom. The molecule has 3 N–H and O–H groups in total. The lowest BCUT2D eigenvalue weighted by Crippen LogP contribution is -2.07. The molecule has 188 valence electrons. The van der Waals surface area contributed by atoms with Gasteiger partial charge in [-0.3, -0.25) is 10.1 Å². The van der Waals surface area contributed by atoms with Crippen LogP contribution in [0.25, 0.3) is 11.3 Å². The molecule has 0 atom stereocenters. The normalized spacial score (nSPS) is 10.9. The first-order valence-corrected chi connectivity index (χ1v) is 11.6. The maximum Gasteiger partial charge on any atom is 0.270 e. The highest BCUT2D eigenvalue weighted by Crippen LogP contribution is 2.29. The van der Waals surface area contributed by atoms with E-state index < -0.39 is 4.92 Å². The van der Waals surface area contributed by atoms with Crippen molar-refractivity contribution in [3.63, 3.8) is 0 Å². The van der Waals surface area contributed by atoms with E-state index in [-0.39, 0.29) is 11.6 Å². The molecule has 3 aromatic carbocycles. The molecule has 0 aliphatic rings. The highest BCUT2D eigenvalue weighted by atomic mass is 16.6. The molecule has 2 aromatic heterocycles. The number of nitro groups is 1. The molecule has 0 unspecified atom stereocenters. The Bertz CT molecular complexity index is 1530. The van der Waals surface area contributed by atoms with Crippen molar-refractivity contribution in [3.8, 4) is 11.3 Å². The second-order valence-electron chi connectivity index (χ2n) is 8.12. The molecular weight excluding hydrogens is 484 g/mol. The second-order valence-corrected chi connectivity index (χ2v) is 8.12. The summed E-state index contributed by atoms with van der Waals surface area (Å²) in [7, 11) is 0. The molecule has 0 bridgehead atoms. The number of nitrogens with one attached hydrogen (secondary N) is 3. The predicted molar refractivity (Wildman–Crippen MR) is 146 cm³/mol. The van der Waals surface area contributed by atoms with Crippen LogP contribution >= 0.6 is 0 Å². The third-order valence-corrected chi connectivity index (χ3v) is 5.38. The number of rotatable bonds is 9. The summed E-state index contributed by atoms with van der Waals surface area (Å²) in [5, 5.41) is 21.7. The van der Waals surface area contributed by atoms with Crippen molar-refractivity contribution in [2.24, 2.45) is 5.10 Å². The molecule has 0 saturated carbocycles. The molecule has 5 rings (SSSR count). The average molecular weight is 507 g/mol. The van der Waals surface area contributed by atoms with Crippen LogP contribution in [0.3, 0.4) is 0 Å². The van der Waals surface area contributed by atoms with Crippen LogP contribution in [0.2, 0.25) is 0 Å². The summed E-state index contributed by atoms with van der Waals surface area (Å²) in [6.07, 6.45) is 1.47. The number of hydrogen-bond donors (Lipinski definition) is 3. The van der Waals surface area contributed by atoms with Gasteiger partial charge in [0.2, 0.25) is 17.8 Å². The molecule has 11 heteroatoms. The quantitative estimate of drug-likeness (QED) is 0.119. The van der Waals surface area contributed by atoms with Crippen molar-refractivity contribution < 1.29 is 9.34 Å². The fourth-order valence-electron chi connectivity index (χ4n) is 3.55. The third kappa shape index (κ3) is 5.97. The Kier molecular flexibility index (Phi) is 6.98. The van der Waals surface area contributed by atoms with E-state index in [9.17, 15) is 10.1 Å². The molecule has 0 amide bonds. The van der Waals surface area contributed by atoms with Crippen LogP contribution in [0.1, 0.15) is 11.3 Å². The van der Waals surface area contributed by atoms with Crippen LogP contribution in [-0.2, 0) is 0 Å². The Balaban J connectivity index is 1.35. The van der Waals surface area contributed by atoms with Crippen molar-refractivity contribution in [1.82, 2.24) is 15.0 Å². The van der Waals surface area contributed by atoms with Crippen molar-refractivity contribution >= 4 is 41.1 Å². The standard InChI is InChI=1S/C27H22N8O3/c1-18-12-13-21(35(36)37)16-23(18)24-15-14-22(38-24)17-28-34-27-32-25(29-19-8-4-2-5-9-19)31-26(33-27)30-20-10-6-3-7-11-20/h2-17H,1H3,(H3,29,30,31,32,33,34)/b28-17+. The smallest absolute Gasteiger partial charge is 0.270 e. The Hall–Kier alpha value is -5.58. The first kappa shape index (κ1) is 24.1. The van der Waals surface area contributed by atoms with Gasteiger partial charge in [-0.1, -0.05) is 42.5 Å². The minimum Gasteiger partial charge on any atom is -0.455 e. The van der Waals surface area contributed by atoms with Gasteiger partial charge in [-0.15, -0.1) is 0 Å². The fourth-order valence-corrected chi connectivity index (χ4v) is 3.55. The zero-order valence-corrected chi connectivity index (χ0v) is 20.2. The summed E-state index contributed by atoms with van der Waals surface area (Å²) in [4.78, 5) is 24.0. The first-order valence-electron chi connectivity index (χ1n) is 11.6. The lowest BCUT2D eigenvalue weighted by Gasteiger charge is -2.10. The van der Waals surface area contributed by atoms with Crippen LogP contribution < -0.4 is 16.1 Å². The monoisotopic (exact) mass is 506 g/mol. The Morgan fingerprint density at radius 2 is 1.42 bits per heavy atom. The average Bonchev–Trinajstić information content (AvgIpc) is 3.38. The number of aromatic nitrogens is 3. The maximum atomic E-state index is 11.1. The van der Waals surface area contributed by atoms with E-state index in [1.807, 2.05) is 67.6 Å². The van der Waals surface area contributed by atoms with E-state index in [1.165, 1.54) is 18.3 Å². The molecule has 38 heavy (non-hydrogen) atoms. The van der Waals surface area contributed by atoms with Gasteiger partial charge in [-0.25, -0.2) is 5.43 Å². The number of hydrogen-bond acceptors (Lipinski definition) is 10. The molecule has 0 saturated heterocycles. The van der Waals surface area contributed by atoms with E-state index in [0.717, 1.165) is 16.9 Å². The number of nitro benzene ring substituents is 1. The lowest BCUT2D eigenvalue weighted by molar-refractivity contribution is -0.384. The number of aryl methyl sites for hydroxylation is 1. The summed E-state index contributed by atoms with van der Waals surface area (Å²) in [5.74, 6) is 1.79. The molecule has 11 nitrogen and oxygen atoms in total. The summed E-state index contributed by atoms with van der Waals surface area (Å²) < 4.78 is 5.84. The van der Waals surface area contributed by atoms with E-state index in [2.05, 4.69) is 36.1 Å². The van der Waals surface area contributed by atoms with E-state index in [0.29, 0.717) is 29.0 Å². The number of nitrogens with zero attached hydrogens (tertiary/aromatic N) is 5. The zero-order chi connectivity index (χ0) is 26.3. The van der Waals surface area contributed by atoms with E-state index >= 15 is 0 Å². The van der Waals surface area contributed by atoms with Crippen LogP contribution in [0.4, 0.5) is 34.9 Å². The molecule has 0 aliphatic heterocycles. The molecule has 0 fully saturated rings. The van der Waals surface area contributed by atoms with Gasteiger partial charge in [-0.2, -0.15) is 20.1 Å². The molecular formula is C27H22N8O3. The van der Waals surface area contributed by atoms with Crippen molar-refractivity contribution in [2.45, 2.75) is 6.92 Å². The van der Waals surface area contributed by atoms with Crippen molar-refractivity contribution in [1.29, 1.82) is 0 Å². The first-order chi connectivity index (χ1) is 18.5. The van der Waals surface area contributed by atoms with Gasteiger partial charge in [0.1, 0.15) is 11.5 Å². The zero-order valence-electron chi connectivity index (χ0n) is 20.2. The van der Waals surface area contributed by atoms with E-state index in [4.69, 9.17) is 4.42 Å². The molecule has 2 heterocycles. The number of benzene rings is 3. The lowest BCUT2D eigenvalue weighted by atomic mass is 10.1. The topological polar surface area (TPSA) is 143 Å². The predicted octanol–water partition coefficient (Wildman–Crippen LogP) is 6.28. The highest BCUT2D eigenvalue weighted by Gasteiger charge is 2.13. The maximum absolute atomic E-state index is 11.1. The molecule has 5 aromatic rings. The summed E-state index contributed by atoms with van der Waals surface area (Å²) in [5.41, 5.74) is 5.93. The Morgan fingerprint density at radius 1 is 0.816 bits per heavy atom. The second kappa shape index (κ2) is 11.0. The fraction of sp³-hybridized carbons (Fsp3) is 0.0370. The third-order valence-electron chi connectivity index (χ3n) is 5.38. The minimum absolute atomic E-state index is 0.00597. The summed E-state index contributed by atoms with van der Waals surface area (Å²) in [6.45, 7) is 1.86. The molecule has 0 spiro atoms. The van der Waals surface area contributed by atoms with Gasteiger partial charge in [0.25, 0.3) is 5.69 Å². The van der Waals surface area contributed by atoms with Gasteiger partial charge in [0, 0.05) is 29.1 Å². The van der Waals surface area contributed by atoms with Gasteiger partial charge < -0.3 is 15.1 Å². The van der Waals surface area contributed by atoms with Gasteiger partial charge in [0.15, 0.2) is 0 Å². The van der Waals surface area contributed by atoms with Gasteiger partial charge in [0.05, 0.1) is 11.1 Å². The minimum atomic E-state index is -0.436. The van der Waals surface area contributed by atoms with E-state index in [1.54, 1.807) is 18.2 Å². The number of non-ortho nitro benzene ring substituents is 1. The number of hydrazone groups is 1. The largest absolute Gasteiger partial charge is 0.455 e.